The molecule has 2 atom stereocenters. The van der Waals surface area contributed by atoms with E-state index in [1.807, 2.05) is 0 Å². The lowest BCUT2D eigenvalue weighted by Gasteiger charge is -2.23. The third kappa shape index (κ3) is 15.0. The molecule has 0 fully saturated rings. The molecule has 1 N–H and O–H groups in total. The first kappa shape index (κ1) is 26.3. The number of unbranched alkanes of at least 4 members (excludes halogenated alkanes) is 9. The topological polar surface area (TPSA) is 68.2 Å². The zero-order valence-electron chi connectivity index (χ0n) is 18.1. The van der Waals surface area contributed by atoms with Crippen LogP contribution in [0, 0.1) is 0 Å². The predicted octanol–water partition coefficient (Wildman–Crippen LogP) is 4.45. The lowest BCUT2D eigenvalue weighted by molar-refractivity contribution is -0.170. The maximum atomic E-state index is 11.8. The molecular weight excluding hydrogens is 346 g/mol. The van der Waals surface area contributed by atoms with Crippen molar-refractivity contribution in [1.29, 1.82) is 0 Å². The second-order valence-corrected chi connectivity index (χ2v) is 7.26. The number of nitrogens with zero attached hydrogens (tertiary/aromatic N) is 1. The van der Waals surface area contributed by atoms with Gasteiger partial charge < -0.3 is 14.6 Å². The summed E-state index contributed by atoms with van der Waals surface area (Å²) in [5, 5.41) is 11.6. The van der Waals surface area contributed by atoms with Gasteiger partial charge in [0.2, 0.25) is 5.91 Å². The van der Waals surface area contributed by atoms with Gasteiger partial charge in [0, 0.05) is 20.6 Å². The summed E-state index contributed by atoms with van der Waals surface area (Å²) in [6, 6.07) is 0. The van der Waals surface area contributed by atoms with Crippen molar-refractivity contribution in [1.82, 2.24) is 5.06 Å². The van der Waals surface area contributed by atoms with Crippen molar-refractivity contribution in [2.24, 2.45) is 0 Å². The van der Waals surface area contributed by atoms with Crippen LogP contribution in [0.2, 0.25) is 0 Å². The van der Waals surface area contributed by atoms with Crippen molar-refractivity contribution in [3.8, 4) is 0 Å². The molecule has 6 nitrogen and oxygen atoms in total. The highest BCUT2D eigenvalue weighted by Gasteiger charge is 2.21. The molecule has 0 spiro atoms. The highest BCUT2D eigenvalue weighted by Crippen LogP contribution is 2.17. The molecule has 1 amide bonds. The van der Waals surface area contributed by atoms with Gasteiger partial charge in [-0.15, -0.1) is 0 Å². The number of amides is 1. The standard InChI is InChI=1S/C21H43NO5/c1-5-6-7-8-9-10-11-12-13-14-15-20(27-18-25-3)19(23)16-17-21(24)22(2)26-4/h19-20,23H,5-18H2,1-4H3/t19-,20-/m1/s1. The number of carbonyl (C=O) groups is 1. The predicted molar refractivity (Wildman–Crippen MR) is 108 cm³/mol. The Morgan fingerprint density at radius 3 is 2.00 bits per heavy atom. The zero-order chi connectivity index (χ0) is 20.3. The lowest BCUT2D eigenvalue weighted by atomic mass is 10.0. The largest absolute Gasteiger partial charge is 0.390 e. The molecule has 0 saturated heterocycles. The molecule has 0 bridgehead atoms. The number of hydrogen-bond donors (Lipinski definition) is 1. The number of hydroxylamine groups is 2. The molecule has 0 unspecified atom stereocenters. The zero-order valence-corrected chi connectivity index (χ0v) is 18.1. The molecule has 0 radical (unpaired) electrons. The Kier molecular flexibility index (Phi) is 18.2. The van der Waals surface area contributed by atoms with Crippen LogP contribution in [0.25, 0.3) is 0 Å². The van der Waals surface area contributed by atoms with Gasteiger partial charge in [-0.1, -0.05) is 71.1 Å². The fraction of sp³-hybridized carbons (Fsp3) is 0.952. The number of carbonyl (C=O) groups excluding carboxylic acids is 1. The Hall–Kier alpha value is -0.690. The van der Waals surface area contributed by atoms with Crippen LogP contribution in [0.15, 0.2) is 0 Å². The van der Waals surface area contributed by atoms with E-state index in [2.05, 4.69) is 6.92 Å². The van der Waals surface area contributed by atoms with E-state index in [1.165, 1.54) is 63.5 Å². The minimum atomic E-state index is -0.673. The summed E-state index contributed by atoms with van der Waals surface area (Å²) >= 11 is 0. The number of rotatable bonds is 19. The van der Waals surface area contributed by atoms with Gasteiger partial charge in [0.15, 0.2) is 0 Å². The highest BCUT2D eigenvalue weighted by atomic mass is 16.7. The quantitative estimate of drug-likeness (QED) is 0.201. The molecule has 162 valence electrons. The Morgan fingerprint density at radius 1 is 0.926 bits per heavy atom. The molecule has 0 aromatic carbocycles. The monoisotopic (exact) mass is 389 g/mol. The highest BCUT2D eigenvalue weighted by molar-refractivity contribution is 5.74. The molecule has 0 rings (SSSR count). The van der Waals surface area contributed by atoms with Gasteiger partial charge in [-0.25, -0.2) is 5.06 Å². The van der Waals surface area contributed by atoms with Gasteiger partial charge in [0.05, 0.1) is 19.3 Å². The van der Waals surface area contributed by atoms with E-state index in [0.717, 1.165) is 19.3 Å². The van der Waals surface area contributed by atoms with E-state index < -0.39 is 6.10 Å². The summed E-state index contributed by atoms with van der Waals surface area (Å²) in [7, 11) is 4.59. The minimum Gasteiger partial charge on any atom is -0.390 e. The fourth-order valence-corrected chi connectivity index (χ4v) is 3.09. The van der Waals surface area contributed by atoms with Crippen molar-refractivity contribution >= 4 is 5.91 Å². The number of ether oxygens (including phenoxy) is 2. The first-order chi connectivity index (χ1) is 13.1. The maximum absolute atomic E-state index is 11.8. The van der Waals surface area contributed by atoms with Crippen LogP contribution in [-0.4, -0.2) is 56.3 Å². The molecule has 6 heteroatoms. The van der Waals surface area contributed by atoms with Crippen LogP contribution in [0.1, 0.15) is 90.4 Å². The van der Waals surface area contributed by atoms with Crippen LogP contribution in [0.4, 0.5) is 0 Å². The van der Waals surface area contributed by atoms with E-state index >= 15 is 0 Å². The molecule has 27 heavy (non-hydrogen) atoms. The Balaban J connectivity index is 3.93. The molecule has 0 aliphatic rings. The molecule has 0 aliphatic heterocycles. The molecular formula is C21H43NO5. The SMILES string of the molecule is CCCCCCCCCCCC[C@@H](OCOC)[C@H](O)CCC(=O)N(C)OC. The third-order valence-electron chi connectivity index (χ3n) is 4.95. The average molecular weight is 390 g/mol. The van der Waals surface area contributed by atoms with Crippen molar-refractivity contribution < 1.29 is 24.2 Å². The Labute approximate surface area is 166 Å². The van der Waals surface area contributed by atoms with Crippen LogP contribution < -0.4 is 0 Å². The first-order valence-electron chi connectivity index (χ1n) is 10.7. The lowest BCUT2D eigenvalue weighted by Crippen LogP contribution is -2.32. The van der Waals surface area contributed by atoms with E-state index in [-0.39, 0.29) is 25.2 Å². The van der Waals surface area contributed by atoms with Crippen molar-refractivity contribution in [2.45, 2.75) is 103 Å². The van der Waals surface area contributed by atoms with Crippen LogP contribution >= 0.6 is 0 Å². The Bertz CT molecular complexity index is 341. The number of methoxy groups -OCH3 is 1. The van der Waals surface area contributed by atoms with Gasteiger partial charge in [0.25, 0.3) is 0 Å². The van der Waals surface area contributed by atoms with Gasteiger partial charge >= 0.3 is 0 Å². The molecule has 0 aliphatic carbocycles. The molecule has 0 aromatic heterocycles. The van der Waals surface area contributed by atoms with E-state index in [0.29, 0.717) is 6.42 Å². The van der Waals surface area contributed by atoms with E-state index in [4.69, 9.17) is 14.3 Å². The normalized spacial score (nSPS) is 13.5. The summed E-state index contributed by atoms with van der Waals surface area (Å²) in [4.78, 5) is 16.6. The fourth-order valence-electron chi connectivity index (χ4n) is 3.09. The summed E-state index contributed by atoms with van der Waals surface area (Å²) in [5.41, 5.74) is 0. The van der Waals surface area contributed by atoms with Gasteiger partial charge in [0.1, 0.15) is 6.79 Å². The summed E-state index contributed by atoms with van der Waals surface area (Å²) in [5.74, 6) is -0.152. The minimum absolute atomic E-state index is 0.152. The summed E-state index contributed by atoms with van der Waals surface area (Å²) in [6.07, 6.45) is 13.2. The maximum Gasteiger partial charge on any atom is 0.245 e. The second kappa shape index (κ2) is 18.7. The smallest absolute Gasteiger partial charge is 0.245 e. The summed E-state index contributed by atoms with van der Waals surface area (Å²) < 4.78 is 10.6. The van der Waals surface area contributed by atoms with Crippen LogP contribution in [0.3, 0.4) is 0 Å². The van der Waals surface area contributed by atoms with E-state index in [9.17, 15) is 9.90 Å². The van der Waals surface area contributed by atoms with Crippen LogP contribution in [0.5, 0.6) is 0 Å². The van der Waals surface area contributed by atoms with Gasteiger partial charge in [-0.3, -0.25) is 9.63 Å². The number of aliphatic hydroxyl groups excluding tert-OH is 1. The van der Waals surface area contributed by atoms with E-state index in [1.54, 1.807) is 14.2 Å². The molecule has 0 saturated carbocycles. The number of aliphatic hydroxyl groups is 1. The molecule has 0 aromatic rings. The van der Waals surface area contributed by atoms with Crippen LogP contribution in [-0.2, 0) is 19.1 Å². The van der Waals surface area contributed by atoms with Gasteiger partial charge in [-0.2, -0.15) is 0 Å². The average Bonchev–Trinajstić information content (AvgIpc) is 2.68. The summed E-state index contributed by atoms with van der Waals surface area (Å²) in [6.45, 7) is 2.40. The van der Waals surface area contributed by atoms with Crippen molar-refractivity contribution in [2.75, 3.05) is 28.1 Å². The third-order valence-corrected chi connectivity index (χ3v) is 4.95. The molecule has 0 heterocycles. The van der Waals surface area contributed by atoms with Crippen molar-refractivity contribution in [3.63, 3.8) is 0 Å². The Morgan fingerprint density at radius 2 is 1.48 bits per heavy atom. The first-order valence-corrected chi connectivity index (χ1v) is 10.7. The van der Waals surface area contributed by atoms with Gasteiger partial charge in [-0.05, 0) is 12.8 Å². The number of hydrogen-bond acceptors (Lipinski definition) is 5. The second-order valence-electron chi connectivity index (χ2n) is 7.26. The van der Waals surface area contributed by atoms with Crippen molar-refractivity contribution in [3.05, 3.63) is 0 Å².